The highest BCUT2D eigenvalue weighted by molar-refractivity contribution is 6.31. The van der Waals surface area contributed by atoms with E-state index in [-0.39, 0.29) is 5.75 Å². The molecule has 0 saturated carbocycles. The van der Waals surface area contributed by atoms with E-state index in [0.29, 0.717) is 23.5 Å². The van der Waals surface area contributed by atoms with Gasteiger partial charge in [0.2, 0.25) is 0 Å². The van der Waals surface area contributed by atoms with Crippen molar-refractivity contribution in [3.63, 3.8) is 0 Å². The first-order chi connectivity index (χ1) is 8.90. The van der Waals surface area contributed by atoms with E-state index in [9.17, 15) is 5.11 Å². The topological polar surface area (TPSA) is 35.5 Å². The van der Waals surface area contributed by atoms with Crippen molar-refractivity contribution >= 4 is 11.6 Å². The Bertz CT molecular complexity index is 363. The van der Waals surface area contributed by atoms with Gasteiger partial charge in [-0.15, -0.1) is 0 Å². The minimum Gasteiger partial charge on any atom is -0.508 e. The van der Waals surface area contributed by atoms with E-state index in [2.05, 4.69) is 38.2 Å². The third-order valence-electron chi connectivity index (χ3n) is 3.00. The van der Waals surface area contributed by atoms with E-state index in [1.165, 1.54) is 0 Å². The van der Waals surface area contributed by atoms with E-state index >= 15 is 0 Å². The first kappa shape index (κ1) is 16.3. The summed E-state index contributed by atoms with van der Waals surface area (Å²) in [6.45, 7) is 6.01. The van der Waals surface area contributed by atoms with E-state index in [1.807, 2.05) is 6.07 Å². The Morgan fingerprint density at radius 1 is 1.32 bits per heavy atom. The maximum Gasteiger partial charge on any atom is 0.121 e. The van der Waals surface area contributed by atoms with Gasteiger partial charge in [-0.1, -0.05) is 31.5 Å². The number of phenolic OH excluding ortho intramolecular Hbond substituents is 1. The number of hydrogen-bond acceptors (Lipinski definition) is 3. The van der Waals surface area contributed by atoms with Gasteiger partial charge in [0.05, 0.1) is 0 Å². The summed E-state index contributed by atoms with van der Waals surface area (Å²) in [5.74, 6) is 0.894. The standard InChI is InChI=1S/C15H25ClN2O/c1-11(2)8-12(10-18(3)4)17-9-13-14(16)6-5-7-15(13)19/h5-7,11-12,17,19H,8-10H2,1-4H3. The van der Waals surface area contributed by atoms with Gasteiger partial charge in [-0.2, -0.15) is 0 Å². The van der Waals surface area contributed by atoms with Crippen LogP contribution in [0.2, 0.25) is 5.02 Å². The highest BCUT2D eigenvalue weighted by Gasteiger charge is 2.13. The van der Waals surface area contributed by atoms with Gasteiger partial charge in [0, 0.05) is 29.7 Å². The lowest BCUT2D eigenvalue weighted by molar-refractivity contribution is 0.304. The minimum atomic E-state index is 0.258. The van der Waals surface area contributed by atoms with Crippen LogP contribution in [0.15, 0.2) is 18.2 Å². The van der Waals surface area contributed by atoms with Crippen LogP contribution >= 0.6 is 11.6 Å². The van der Waals surface area contributed by atoms with E-state index < -0.39 is 0 Å². The Labute approximate surface area is 121 Å². The van der Waals surface area contributed by atoms with Gasteiger partial charge < -0.3 is 15.3 Å². The molecule has 1 unspecified atom stereocenters. The Kier molecular flexibility index (Phi) is 6.63. The molecule has 0 fully saturated rings. The Balaban J connectivity index is 2.64. The van der Waals surface area contributed by atoms with Crippen molar-refractivity contribution in [1.82, 2.24) is 10.2 Å². The Morgan fingerprint density at radius 3 is 2.53 bits per heavy atom. The summed E-state index contributed by atoms with van der Waals surface area (Å²) in [7, 11) is 4.14. The van der Waals surface area contributed by atoms with Gasteiger partial charge in [-0.25, -0.2) is 0 Å². The molecule has 0 radical (unpaired) electrons. The number of phenols is 1. The first-order valence-electron chi connectivity index (χ1n) is 6.74. The molecule has 1 rings (SSSR count). The summed E-state index contributed by atoms with van der Waals surface area (Å²) < 4.78 is 0. The quantitative estimate of drug-likeness (QED) is 0.808. The van der Waals surface area contributed by atoms with Crippen LogP contribution in [0.5, 0.6) is 5.75 Å². The fourth-order valence-electron chi connectivity index (χ4n) is 2.20. The van der Waals surface area contributed by atoms with Gasteiger partial charge in [-0.3, -0.25) is 0 Å². The van der Waals surface area contributed by atoms with Crippen LogP contribution in [0, 0.1) is 5.92 Å². The molecule has 19 heavy (non-hydrogen) atoms. The minimum absolute atomic E-state index is 0.258. The lowest BCUT2D eigenvalue weighted by Gasteiger charge is -2.24. The molecule has 3 nitrogen and oxygen atoms in total. The van der Waals surface area contributed by atoms with Gasteiger partial charge in [0.25, 0.3) is 0 Å². The number of benzene rings is 1. The normalized spacial score (nSPS) is 13.2. The van der Waals surface area contributed by atoms with Crippen LogP contribution in [0.3, 0.4) is 0 Å². The number of rotatable bonds is 7. The Hall–Kier alpha value is -0.770. The molecule has 0 bridgehead atoms. The predicted molar refractivity (Wildman–Crippen MR) is 81.8 cm³/mol. The van der Waals surface area contributed by atoms with Gasteiger partial charge >= 0.3 is 0 Å². The molecule has 0 aliphatic carbocycles. The molecule has 108 valence electrons. The predicted octanol–water partition coefficient (Wildman–Crippen LogP) is 3.11. The summed E-state index contributed by atoms with van der Waals surface area (Å²) in [5, 5.41) is 13.9. The van der Waals surface area contributed by atoms with Crippen LogP contribution < -0.4 is 5.32 Å². The number of likely N-dealkylation sites (N-methyl/N-ethyl adjacent to an activating group) is 1. The Morgan fingerprint density at radius 2 is 2.00 bits per heavy atom. The van der Waals surface area contributed by atoms with E-state index in [1.54, 1.807) is 12.1 Å². The second-order valence-corrected chi connectivity index (χ2v) is 6.11. The molecule has 1 aromatic rings. The summed E-state index contributed by atoms with van der Waals surface area (Å²) in [6.07, 6.45) is 1.10. The number of nitrogens with zero attached hydrogens (tertiary/aromatic N) is 1. The number of hydrogen-bond donors (Lipinski definition) is 2. The molecule has 0 aliphatic heterocycles. The zero-order chi connectivity index (χ0) is 14.4. The zero-order valence-corrected chi connectivity index (χ0v) is 13.0. The number of aromatic hydroxyl groups is 1. The molecular weight excluding hydrogens is 260 g/mol. The largest absolute Gasteiger partial charge is 0.508 e. The van der Waals surface area contributed by atoms with Crippen LogP contribution in [-0.4, -0.2) is 36.7 Å². The molecular formula is C15H25ClN2O. The van der Waals surface area contributed by atoms with Crippen LogP contribution in [0.1, 0.15) is 25.8 Å². The second-order valence-electron chi connectivity index (χ2n) is 5.71. The van der Waals surface area contributed by atoms with Crippen molar-refractivity contribution in [2.45, 2.75) is 32.9 Å². The van der Waals surface area contributed by atoms with Gasteiger partial charge in [-0.05, 0) is 38.6 Å². The van der Waals surface area contributed by atoms with Crippen LogP contribution in [-0.2, 0) is 6.54 Å². The molecule has 4 heteroatoms. The summed E-state index contributed by atoms with van der Waals surface area (Å²) in [5.41, 5.74) is 0.775. The third-order valence-corrected chi connectivity index (χ3v) is 3.36. The summed E-state index contributed by atoms with van der Waals surface area (Å²) in [4.78, 5) is 2.17. The molecule has 1 aromatic carbocycles. The average Bonchev–Trinajstić information content (AvgIpc) is 2.26. The summed E-state index contributed by atoms with van der Waals surface area (Å²) in [6, 6.07) is 5.63. The van der Waals surface area contributed by atoms with Gasteiger partial charge in [0.15, 0.2) is 0 Å². The molecule has 0 aromatic heterocycles. The third kappa shape index (κ3) is 5.81. The van der Waals surface area contributed by atoms with Crippen molar-refractivity contribution in [3.05, 3.63) is 28.8 Å². The molecule has 0 aliphatic rings. The fourth-order valence-corrected chi connectivity index (χ4v) is 2.44. The van der Waals surface area contributed by atoms with Crippen molar-refractivity contribution in [1.29, 1.82) is 0 Å². The smallest absolute Gasteiger partial charge is 0.121 e. The first-order valence-corrected chi connectivity index (χ1v) is 7.12. The molecule has 0 amide bonds. The SMILES string of the molecule is CC(C)CC(CN(C)C)NCc1c(O)cccc1Cl. The molecule has 0 saturated heterocycles. The van der Waals surface area contributed by atoms with Crippen LogP contribution in [0.25, 0.3) is 0 Å². The van der Waals surface area contributed by atoms with E-state index in [4.69, 9.17) is 11.6 Å². The molecule has 0 spiro atoms. The van der Waals surface area contributed by atoms with Crippen LogP contribution in [0.4, 0.5) is 0 Å². The average molecular weight is 285 g/mol. The lowest BCUT2D eigenvalue weighted by Crippen LogP contribution is -2.38. The van der Waals surface area contributed by atoms with E-state index in [0.717, 1.165) is 18.5 Å². The van der Waals surface area contributed by atoms with Crippen molar-refractivity contribution < 1.29 is 5.11 Å². The highest BCUT2D eigenvalue weighted by atomic mass is 35.5. The maximum atomic E-state index is 9.83. The second kappa shape index (κ2) is 7.73. The zero-order valence-electron chi connectivity index (χ0n) is 12.3. The lowest BCUT2D eigenvalue weighted by atomic mass is 10.0. The summed E-state index contributed by atoms with van der Waals surface area (Å²) >= 11 is 6.11. The molecule has 1 atom stereocenters. The highest BCUT2D eigenvalue weighted by Crippen LogP contribution is 2.25. The van der Waals surface area contributed by atoms with Gasteiger partial charge in [0.1, 0.15) is 5.75 Å². The maximum absolute atomic E-state index is 9.83. The number of nitrogens with one attached hydrogen (secondary N) is 1. The monoisotopic (exact) mass is 284 g/mol. The number of halogens is 1. The molecule has 2 N–H and O–H groups in total. The van der Waals surface area contributed by atoms with Crippen molar-refractivity contribution in [2.75, 3.05) is 20.6 Å². The van der Waals surface area contributed by atoms with Crippen molar-refractivity contribution in [3.8, 4) is 5.75 Å². The fraction of sp³-hybridized carbons (Fsp3) is 0.600. The molecule has 0 heterocycles. The van der Waals surface area contributed by atoms with Crippen molar-refractivity contribution in [2.24, 2.45) is 5.92 Å².